The van der Waals surface area contributed by atoms with Gasteiger partial charge in [0.2, 0.25) is 0 Å². The second-order valence-electron chi connectivity index (χ2n) is 7.29. The number of nitrogens with zero attached hydrogens (tertiary/aromatic N) is 2. The van der Waals surface area contributed by atoms with Gasteiger partial charge in [-0.15, -0.1) is 0 Å². The molecular formula is C22H26N4O2. The van der Waals surface area contributed by atoms with E-state index in [1.807, 2.05) is 24.3 Å². The molecule has 1 amide bonds. The average molecular weight is 378 g/mol. The number of hydrogen-bond acceptors (Lipinski definition) is 4. The van der Waals surface area contributed by atoms with E-state index < -0.39 is 0 Å². The SMILES string of the molecule is Cc1cc2nc(CCNC(=O)c3ccc(N4CCOCC4)cc3)[nH]c2cc1C. The Hall–Kier alpha value is -2.86. The fourth-order valence-electron chi connectivity index (χ4n) is 3.48. The molecule has 0 atom stereocenters. The number of anilines is 1. The van der Waals surface area contributed by atoms with Crippen LogP contribution >= 0.6 is 0 Å². The second kappa shape index (κ2) is 8.02. The lowest BCUT2D eigenvalue weighted by Gasteiger charge is -2.28. The number of H-pyrrole nitrogens is 1. The summed E-state index contributed by atoms with van der Waals surface area (Å²) in [5.74, 6) is 0.833. The van der Waals surface area contributed by atoms with E-state index in [1.54, 1.807) is 0 Å². The van der Waals surface area contributed by atoms with E-state index in [2.05, 4.69) is 46.2 Å². The zero-order valence-corrected chi connectivity index (χ0v) is 16.4. The molecular weight excluding hydrogens is 352 g/mol. The van der Waals surface area contributed by atoms with Crippen molar-refractivity contribution in [3.05, 3.63) is 58.9 Å². The van der Waals surface area contributed by atoms with Crippen LogP contribution in [0.25, 0.3) is 11.0 Å². The van der Waals surface area contributed by atoms with Crippen molar-refractivity contribution in [2.45, 2.75) is 20.3 Å². The number of benzene rings is 2. The van der Waals surface area contributed by atoms with Crippen LogP contribution < -0.4 is 10.2 Å². The lowest BCUT2D eigenvalue weighted by atomic mass is 10.1. The van der Waals surface area contributed by atoms with E-state index >= 15 is 0 Å². The standard InChI is InChI=1S/C22H26N4O2/c1-15-13-19-20(14-16(15)2)25-21(24-19)7-8-23-22(27)17-3-5-18(6-4-17)26-9-11-28-12-10-26/h3-6,13-14H,7-12H2,1-2H3,(H,23,27)(H,24,25). The lowest BCUT2D eigenvalue weighted by molar-refractivity contribution is 0.0954. The number of carbonyl (C=O) groups is 1. The predicted molar refractivity (Wildman–Crippen MR) is 111 cm³/mol. The summed E-state index contributed by atoms with van der Waals surface area (Å²) in [6.07, 6.45) is 0.671. The number of fused-ring (bicyclic) bond motifs is 1. The molecule has 146 valence electrons. The summed E-state index contributed by atoms with van der Waals surface area (Å²) in [5, 5.41) is 2.98. The number of ether oxygens (including phenoxy) is 1. The summed E-state index contributed by atoms with van der Waals surface area (Å²) >= 11 is 0. The third kappa shape index (κ3) is 4.02. The molecule has 3 aromatic rings. The molecule has 0 spiro atoms. The minimum atomic E-state index is -0.0590. The van der Waals surface area contributed by atoms with E-state index in [0.717, 1.165) is 48.8 Å². The van der Waals surface area contributed by atoms with Crippen molar-refractivity contribution < 1.29 is 9.53 Å². The predicted octanol–water partition coefficient (Wildman–Crippen LogP) is 2.99. The molecule has 0 radical (unpaired) electrons. The number of aromatic amines is 1. The third-order valence-electron chi connectivity index (χ3n) is 5.30. The molecule has 2 N–H and O–H groups in total. The minimum Gasteiger partial charge on any atom is -0.378 e. The smallest absolute Gasteiger partial charge is 0.251 e. The van der Waals surface area contributed by atoms with Crippen molar-refractivity contribution in [2.75, 3.05) is 37.7 Å². The maximum atomic E-state index is 12.4. The minimum absolute atomic E-state index is 0.0590. The summed E-state index contributed by atoms with van der Waals surface area (Å²) in [5.41, 5.74) is 6.31. The lowest BCUT2D eigenvalue weighted by Crippen LogP contribution is -2.36. The molecule has 0 aliphatic carbocycles. The molecule has 4 rings (SSSR count). The van der Waals surface area contributed by atoms with Crippen LogP contribution in [-0.2, 0) is 11.2 Å². The normalized spacial score (nSPS) is 14.4. The highest BCUT2D eigenvalue weighted by molar-refractivity contribution is 5.94. The number of carbonyl (C=O) groups excluding carboxylic acids is 1. The maximum absolute atomic E-state index is 12.4. The Kier molecular flexibility index (Phi) is 5.30. The molecule has 0 bridgehead atoms. The van der Waals surface area contributed by atoms with Crippen molar-refractivity contribution in [1.29, 1.82) is 0 Å². The van der Waals surface area contributed by atoms with Gasteiger partial charge < -0.3 is 19.9 Å². The Morgan fingerprint density at radius 2 is 1.86 bits per heavy atom. The van der Waals surface area contributed by atoms with E-state index in [-0.39, 0.29) is 5.91 Å². The number of rotatable bonds is 5. The first kappa shape index (κ1) is 18.5. The van der Waals surface area contributed by atoms with Gasteiger partial charge >= 0.3 is 0 Å². The van der Waals surface area contributed by atoms with E-state index in [0.29, 0.717) is 18.5 Å². The van der Waals surface area contributed by atoms with E-state index in [4.69, 9.17) is 4.74 Å². The van der Waals surface area contributed by atoms with Crippen LogP contribution in [-0.4, -0.2) is 48.7 Å². The summed E-state index contributed by atoms with van der Waals surface area (Å²) in [4.78, 5) is 22.7. The number of hydrogen-bond donors (Lipinski definition) is 2. The molecule has 1 saturated heterocycles. The molecule has 1 aliphatic rings. The Labute approximate surface area is 164 Å². The molecule has 1 aromatic heterocycles. The molecule has 1 fully saturated rings. The molecule has 2 heterocycles. The molecule has 6 heteroatoms. The van der Waals surface area contributed by atoms with Gasteiger partial charge in [-0.2, -0.15) is 0 Å². The molecule has 6 nitrogen and oxygen atoms in total. The summed E-state index contributed by atoms with van der Waals surface area (Å²) in [6, 6.07) is 12.0. The maximum Gasteiger partial charge on any atom is 0.251 e. The van der Waals surface area contributed by atoms with Gasteiger partial charge in [0.05, 0.1) is 24.2 Å². The van der Waals surface area contributed by atoms with Gasteiger partial charge in [-0.05, 0) is 61.4 Å². The molecule has 28 heavy (non-hydrogen) atoms. The highest BCUT2D eigenvalue weighted by Gasteiger charge is 2.12. The van der Waals surface area contributed by atoms with Crippen molar-refractivity contribution in [2.24, 2.45) is 0 Å². The number of amides is 1. The highest BCUT2D eigenvalue weighted by atomic mass is 16.5. The topological polar surface area (TPSA) is 70.2 Å². The summed E-state index contributed by atoms with van der Waals surface area (Å²) < 4.78 is 5.38. The number of imidazole rings is 1. The van der Waals surface area contributed by atoms with Gasteiger partial charge in [-0.25, -0.2) is 4.98 Å². The van der Waals surface area contributed by atoms with Crippen LogP contribution in [0.5, 0.6) is 0 Å². The van der Waals surface area contributed by atoms with Gasteiger partial charge in [0.25, 0.3) is 5.91 Å². The first-order valence-corrected chi connectivity index (χ1v) is 9.77. The van der Waals surface area contributed by atoms with Crippen LogP contribution in [0.2, 0.25) is 0 Å². The van der Waals surface area contributed by atoms with Gasteiger partial charge in [-0.3, -0.25) is 4.79 Å². The second-order valence-corrected chi connectivity index (χ2v) is 7.29. The highest BCUT2D eigenvalue weighted by Crippen LogP contribution is 2.18. The number of aryl methyl sites for hydroxylation is 2. The fourth-order valence-corrected chi connectivity index (χ4v) is 3.48. The van der Waals surface area contributed by atoms with Crippen molar-refractivity contribution in [3.8, 4) is 0 Å². The summed E-state index contributed by atoms with van der Waals surface area (Å²) in [6.45, 7) is 8.02. The monoisotopic (exact) mass is 378 g/mol. The van der Waals surface area contributed by atoms with Gasteiger partial charge in [0, 0.05) is 37.3 Å². The van der Waals surface area contributed by atoms with Crippen LogP contribution in [0.15, 0.2) is 36.4 Å². The molecule has 0 saturated carbocycles. The Balaban J connectivity index is 1.33. The van der Waals surface area contributed by atoms with E-state index in [9.17, 15) is 4.79 Å². The Bertz CT molecular complexity index is 933. The Morgan fingerprint density at radius 3 is 2.61 bits per heavy atom. The van der Waals surface area contributed by atoms with E-state index in [1.165, 1.54) is 11.1 Å². The quantitative estimate of drug-likeness (QED) is 0.716. The average Bonchev–Trinajstić information content (AvgIpc) is 3.10. The Morgan fingerprint density at radius 1 is 1.14 bits per heavy atom. The largest absolute Gasteiger partial charge is 0.378 e. The van der Waals surface area contributed by atoms with Gasteiger partial charge in [0.1, 0.15) is 5.82 Å². The number of nitrogens with one attached hydrogen (secondary N) is 2. The first-order valence-electron chi connectivity index (χ1n) is 9.77. The van der Waals surface area contributed by atoms with Crippen LogP contribution in [0.4, 0.5) is 5.69 Å². The van der Waals surface area contributed by atoms with Crippen LogP contribution in [0.3, 0.4) is 0 Å². The van der Waals surface area contributed by atoms with Gasteiger partial charge in [0.15, 0.2) is 0 Å². The number of aromatic nitrogens is 2. The fraction of sp³-hybridized carbons (Fsp3) is 0.364. The zero-order chi connectivity index (χ0) is 19.5. The van der Waals surface area contributed by atoms with Crippen LogP contribution in [0, 0.1) is 13.8 Å². The van der Waals surface area contributed by atoms with Crippen molar-refractivity contribution in [1.82, 2.24) is 15.3 Å². The molecule has 1 aliphatic heterocycles. The van der Waals surface area contributed by atoms with Crippen molar-refractivity contribution >= 4 is 22.6 Å². The third-order valence-corrected chi connectivity index (χ3v) is 5.30. The molecule has 2 aromatic carbocycles. The number of morpholine rings is 1. The zero-order valence-electron chi connectivity index (χ0n) is 16.4. The van der Waals surface area contributed by atoms with Gasteiger partial charge in [-0.1, -0.05) is 0 Å². The van der Waals surface area contributed by atoms with Crippen molar-refractivity contribution in [3.63, 3.8) is 0 Å². The first-order chi connectivity index (χ1) is 13.6. The molecule has 0 unspecified atom stereocenters. The summed E-state index contributed by atoms with van der Waals surface area (Å²) in [7, 11) is 0. The van der Waals surface area contributed by atoms with Crippen LogP contribution in [0.1, 0.15) is 27.3 Å².